The molecule has 8 nitrogen and oxygen atoms in total. The van der Waals surface area contributed by atoms with E-state index in [-0.39, 0.29) is 11.5 Å². The van der Waals surface area contributed by atoms with Gasteiger partial charge < -0.3 is 29.6 Å². The smallest absolute Gasteiger partial charge is 0.251 e. The Hall–Kier alpha value is -3.36. The Bertz CT molecular complexity index is 1260. The highest BCUT2D eigenvalue weighted by atomic mass is 16.6. The quantitative estimate of drug-likeness (QED) is 0.545. The molecule has 0 radical (unpaired) electrons. The number of likely N-dealkylation sites (tertiary alicyclic amines) is 1. The maximum atomic E-state index is 12.8. The first-order chi connectivity index (χ1) is 17.1. The number of piperidine rings is 1. The van der Waals surface area contributed by atoms with Crippen LogP contribution in [0.1, 0.15) is 28.8 Å². The number of pyridine rings is 1. The van der Waals surface area contributed by atoms with Crippen LogP contribution in [0.5, 0.6) is 11.5 Å². The molecule has 1 aromatic heterocycles. The molecular formula is C27H32N4O4. The molecule has 0 spiro atoms. The maximum absolute atomic E-state index is 12.8. The lowest BCUT2D eigenvalue weighted by Crippen LogP contribution is -2.43. The summed E-state index contributed by atoms with van der Waals surface area (Å²) in [7, 11) is 1.58. The number of nitrogens with zero attached hydrogens (tertiary/aromatic N) is 2. The zero-order valence-corrected chi connectivity index (χ0v) is 20.1. The molecule has 3 aromatic rings. The van der Waals surface area contributed by atoms with E-state index in [4.69, 9.17) is 9.47 Å². The summed E-state index contributed by atoms with van der Waals surface area (Å²) in [5, 5.41) is 7.11. The molecule has 2 aliphatic rings. The zero-order chi connectivity index (χ0) is 24.2. The molecule has 5 rings (SSSR count). The molecule has 3 heterocycles. The van der Waals surface area contributed by atoms with Crippen molar-refractivity contribution in [2.75, 3.05) is 39.9 Å². The van der Waals surface area contributed by atoms with Gasteiger partial charge in [-0.15, -0.1) is 0 Å². The lowest BCUT2D eigenvalue weighted by Gasteiger charge is -2.32. The number of carbonyl (C=O) groups is 1. The summed E-state index contributed by atoms with van der Waals surface area (Å²) >= 11 is 0. The third-order valence-corrected chi connectivity index (χ3v) is 6.92. The number of rotatable bonds is 7. The molecule has 1 amide bonds. The number of ether oxygens (including phenoxy) is 2. The minimum absolute atomic E-state index is 0.140. The van der Waals surface area contributed by atoms with Crippen molar-refractivity contribution in [3.8, 4) is 11.5 Å². The number of hydrogen-bond acceptors (Lipinski definition) is 6. The lowest BCUT2D eigenvalue weighted by atomic mass is 10.0. The van der Waals surface area contributed by atoms with E-state index >= 15 is 0 Å². The molecule has 1 fully saturated rings. The normalized spacial score (nSPS) is 16.4. The van der Waals surface area contributed by atoms with Crippen LogP contribution in [0.4, 0.5) is 0 Å². The Morgan fingerprint density at radius 2 is 1.77 bits per heavy atom. The van der Waals surface area contributed by atoms with Crippen molar-refractivity contribution in [2.24, 2.45) is 0 Å². The first-order valence-electron chi connectivity index (χ1n) is 12.3. The van der Waals surface area contributed by atoms with Gasteiger partial charge in [0.05, 0.1) is 11.1 Å². The molecule has 35 heavy (non-hydrogen) atoms. The van der Waals surface area contributed by atoms with E-state index in [2.05, 4.69) is 27.7 Å². The maximum Gasteiger partial charge on any atom is 0.251 e. The number of amides is 1. The van der Waals surface area contributed by atoms with Crippen LogP contribution in [0, 0.1) is 0 Å². The van der Waals surface area contributed by atoms with Crippen LogP contribution in [0.25, 0.3) is 10.9 Å². The number of fused-ring (bicyclic) bond motifs is 2. The average molecular weight is 477 g/mol. The van der Waals surface area contributed by atoms with E-state index in [0.717, 1.165) is 61.4 Å². The molecule has 1 saturated heterocycles. The highest BCUT2D eigenvalue weighted by Gasteiger charge is 2.20. The Kier molecular flexibility index (Phi) is 7.01. The molecular weight excluding hydrogens is 444 g/mol. The summed E-state index contributed by atoms with van der Waals surface area (Å²) in [6, 6.07) is 15.7. The van der Waals surface area contributed by atoms with Crippen LogP contribution in [-0.2, 0) is 13.1 Å². The van der Waals surface area contributed by atoms with E-state index in [1.54, 1.807) is 11.6 Å². The van der Waals surface area contributed by atoms with Crippen molar-refractivity contribution in [1.82, 2.24) is 20.1 Å². The fourth-order valence-electron chi connectivity index (χ4n) is 4.95. The van der Waals surface area contributed by atoms with Crippen LogP contribution in [-0.4, -0.2) is 61.3 Å². The first-order valence-corrected chi connectivity index (χ1v) is 12.3. The molecule has 0 aliphatic carbocycles. The standard InChI is InChI=1S/C27H32N4O4/c1-28-27(33)22-17-26(32)31(23-5-3-2-4-21(22)23)13-12-30-10-8-20(9-11-30)29-18-19-6-7-24-25(16-19)35-15-14-34-24/h2-7,16-17,20,29H,8-15,18H2,1H3,(H,28,33). The van der Waals surface area contributed by atoms with Crippen LogP contribution in [0.2, 0.25) is 0 Å². The summed E-state index contributed by atoms with van der Waals surface area (Å²) in [5.74, 6) is 1.41. The predicted octanol–water partition coefficient (Wildman–Crippen LogP) is 2.39. The largest absolute Gasteiger partial charge is 0.486 e. The van der Waals surface area contributed by atoms with Crippen molar-refractivity contribution in [3.63, 3.8) is 0 Å². The van der Waals surface area contributed by atoms with Gasteiger partial charge in [-0.1, -0.05) is 24.3 Å². The van der Waals surface area contributed by atoms with Gasteiger partial charge in [-0.25, -0.2) is 0 Å². The van der Waals surface area contributed by atoms with Gasteiger partial charge in [0.15, 0.2) is 11.5 Å². The van der Waals surface area contributed by atoms with Crippen LogP contribution in [0.3, 0.4) is 0 Å². The van der Waals surface area contributed by atoms with Crippen molar-refractivity contribution in [1.29, 1.82) is 0 Å². The fraction of sp³-hybridized carbons (Fsp3) is 0.407. The summed E-state index contributed by atoms with van der Waals surface area (Å²) < 4.78 is 13.1. The van der Waals surface area contributed by atoms with Crippen molar-refractivity contribution >= 4 is 16.8 Å². The summed E-state index contributed by atoms with van der Waals surface area (Å²) in [4.78, 5) is 27.5. The minimum atomic E-state index is -0.240. The van der Waals surface area contributed by atoms with Gasteiger partial charge in [0, 0.05) is 44.2 Å². The second-order valence-corrected chi connectivity index (χ2v) is 9.12. The Morgan fingerprint density at radius 1 is 1.00 bits per heavy atom. The number of aromatic nitrogens is 1. The summed E-state index contributed by atoms with van der Waals surface area (Å²) in [6.45, 7) is 5.39. The van der Waals surface area contributed by atoms with Gasteiger partial charge in [0.1, 0.15) is 13.2 Å². The van der Waals surface area contributed by atoms with Gasteiger partial charge in [0.2, 0.25) is 0 Å². The SMILES string of the molecule is CNC(=O)c1cc(=O)n(CCN2CCC(NCc3ccc4c(c3)OCCO4)CC2)c2ccccc12. The third-order valence-electron chi connectivity index (χ3n) is 6.92. The molecule has 0 saturated carbocycles. The molecule has 0 unspecified atom stereocenters. The Morgan fingerprint density at radius 3 is 2.57 bits per heavy atom. The number of carbonyl (C=O) groups excluding carboxylic acids is 1. The van der Waals surface area contributed by atoms with E-state index in [1.165, 1.54) is 11.6 Å². The number of hydrogen-bond donors (Lipinski definition) is 2. The van der Waals surface area contributed by atoms with Gasteiger partial charge >= 0.3 is 0 Å². The topological polar surface area (TPSA) is 84.8 Å². The van der Waals surface area contributed by atoms with Gasteiger partial charge in [-0.3, -0.25) is 9.59 Å². The molecule has 8 heteroatoms. The van der Waals surface area contributed by atoms with Crippen molar-refractivity contribution in [2.45, 2.75) is 32.0 Å². The number of nitrogens with one attached hydrogen (secondary N) is 2. The lowest BCUT2D eigenvalue weighted by molar-refractivity contribution is 0.0964. The Balaban J connectivity index is 1.16. The second kappa shape index (κ2) is 10.5. The average Bonchev–Trinajstić information content (AvgIpc) is 2.91. The summed E-state index contributed by atoms with van der Waals surface area (Å²) in [6.07, 6.45) is 2.13. The molecule has 2 aliphatic heterocycles. The number of benzene rings is 2. The summed E-state index contributed by atoms with van der Waals surface area (Å²) in [5.41, 5.74) is 2.28. The van der Waals surface area contributed by atoms with E-state index in [9.17, 15) is 9.59 Å². The monoisotopic (exact) mass is 476 g/mol. The molecule has 2 N–H and O–H groups in total. The van der Waals surface area contributed by atoms with Crippen LogP contribution < -0.4 is 25.7 Å². The van der Waals surface area contributed by atoms with Crippen molar-refractivity contribution in [3.05, 3.63) is 70.0 Å². The fourth-order valence-corrected chi connectivity index (χ4v) is 4.95. The molecule has 0 bridgehead atoms. The molecule has 0 atom stereocenters. The zero-order valence-electron chi connectivity index (χ0n) is 20.1. The van der Waals surface area contributed by atoms with E-state index < -0.39 is 0 Å². The predicted molar refractivity (Wildman–Crippen MR) is 135 cm³/mol. The van der Waals surface area contributed by atoms with Gasteiger partial charge in [0.25, 0.3) is 11.5 Å². The number of para-hydroxylation sites is 1. The van der Waals surface area contributed by atoms with Crippen molar-refractivity contribution < 1.29 is 14.3 Å². The van der Waals surface area contributed by atoms with E-state index in [1.807, 2.05) is 30.3 Å². The van der Waals surface area contributed by atoms with Crippen LogP contribution >= 0.6 is 0 Å². The Labute approximate surface area is 204 Å². The second-order valence-electron chi connectivity index (χ2n) is 9.12. The first kappa shape index (κ1) is 23.4. The molecule has 184 valence electrons. The highest BCUT2D eigenvalue weighted by Crippen LogP contribution is 2.30. The van der Waals surface area contributed by atoms with Gasteiger partial charge in [-0.05, 0) is 49.7 Å². The molecule has 2 aromatic carbocycles. The van der Waals surface area contributed by atoms with Crippen LogP contribution in [0.15, 0.2) is 53.3 Å². The third kappa shape index (κ3) is 5.18. The highest BCUT2D eigenvalue weighted by molar-refractivity contribution is 6.06. The minimum Gasteiger partial charge on any atom is -0.486 e. The van der Waals surface area contributed by atoms with Gasteiger partial charge in [-0.2, -0.15) is 0 Å². The van der Waals surface area contributed by atoms with E-state index in [0.29, 0.717) is 31.4 Å².